The first-order chi connectivity index (χ1) is 25.4. The Morgan fingerprint density at radius 2 is 1.45 bits per heavy atom. The van der Waals surface area contributed by atoms with E-state index in [0.717, 1.165) is 5.56 Å². The van der Waals surface area contributed by atoms with E-state index >= 15 is 0 Å². The number of nitrogens with zero attached hydrogens (tertiary/aromatic N) is 1. The minimum Gasteiger partial charge on any atom is -0.497 e. The van der Waals surface area contributed by atoms with E-state index in [-0.39, 0.29) is 57.3 Å². The number of rotatable bonds is 19. The van der Waals surface area contributed by atoms with E-state index in [2.05, 4.69) is 20.7 Å². The smallest absolute Gasteiger partial charge is 0.407 e. The summed E-state index contributed by atoms with van der Waals surface area (Å²) in [6.07, 6.45) is 0.331. The summed E-state index contributed by atoms with van der Waals surface area (Å²) in [6.45, 7) is 1.41. The number of carbonyl (C=O) groups is 3. The van der Waals surface area contributed by atoms with Gasteiger partial charge in [-0.25, -0.2) is 26.4 Å². The number of sulfonamides is 1. The summed E-state index contributed by atoms with van der Waals surface area (Å²) >= 11 is 0. The van der Waals surface area contributed by atoms with E-state index in [1.54, 1.807) is 42.5 Å². The van der Waals surface area contributed by atoms with Gasteiger partial charge in [0.25, 0.3) is 0 Å². The number of ether oxygens (including phenoxy) is 3. The highest BCUT2D eigenvalue weighted by Gasteiger charge is 2.32. The van der Waals surface area contributed by atoms with Crippen LogP contribution < -0.4 is 25.4 Å². The molecule has 0 aromatic heterocycles. The SMILES string of the molecule is COc1ccc(NS(=O)(=O)CC(CCCCNC(=O)OCc2ccccc2)NC(=O)C(CS(=O)(=O)Cc2ccccc2)NC(=O)N2CCOCC2)cc1. The number of hydrogen-bond donors (Lipinski definition) is 4. The Bertz CT molecular complexity index is 1830. The lowest BCUT2D eigenvalue weighted by Gasteiger charge is -2.29. The number of nitrogens with one attached hydrogen (secondary N) is 4. The molecular weight excluding hydrogens is 727 g/mol. The number of hydrogen-bond acceptors (Lipinski definition) is 10. The number of morpholine rings is 1. The number of methoxy groups -OCH3 is 1. The molecule has 0 aliphatic carbocycles. The van der Waals surface area contributed by atoms with Gasteiger partial charge in [-0.3, -0.25) is 9.52 Å². The number of unbranched alkanes of at least 4 members (excludes halogenated alkanes) is 1. The molecule has 288 valence electrons. The molecule has 3 aromatic rings. The largest absolute Gasteiger partial charge is 0.497 e. The van der Waals surface area contributed by atoms with Crippen molar-refractivity contribution < 1.29 is 45.4 Å². The highest BCUT2D eigenvalue weighted by Crippen LogP contribution is 2.17. The highest BCUT2D eigenvalue weighted by molar-refractivity contribution is 7.92. The fourth-order valence-corrected chi connectivity index (χ4v) is 8.37. The molecule has 1 aliphatic rings. The quantitative estimate of drug-likeness (QED) is 0.131. The standard InChI is InChI=1S/C36H47N5O10S2/c1-49-32-17-15-30(16-18-32)40-53(47,48)26-31(14-8-9-19-37-36(44)51-24-28-10-4-2-5-11-28)38-34(42)33(39-35(43)41-20-22-50-23-21-41)27-52(45,46)25-29-12-6-3-7-13-29/h2-7,10-13,15-18,31,33,40H,8-9,14,19-27H2,1H3,(H,37,44)(H,38,42)(H,39,43). The molecule has 1 heterocycles. The van der Waals surface area contributed by atoms with Gasteiger partial charge >= 0.3 is 12.1 Å². The molecule has 0 radical (unpaired) electrons. The first-order valence-corrected chi connectivity index (χ1v) is 20.7. The molecule has 1 saturated heterocycles. The molecular formula is C36H47N5O10S2. The Labute approximate surface area is 310 Å². The maximum Gasteiger partial charge on any atom is 0.407 e. The van der Waals surface area contributed by atoms with Crippen LogP contribution in [0.15, 0.2) is 84.9 Å². The Morgan fingerprint density at radius 1 is 0.811 bits per heavy atom. The van der Waals surface area contributed by atoms with Crippen LogP contribution in [0.4, 0.5) is 15.3 Å². The number of benzene rings is 3. The average molecular weight is 774 g/mol. The topological polar surface area (TPSA) is 199 Å². The Kier molecular flexibility index (Phi) is 15.7. The molecule has 4 N–H and O–H groups in total. The molecule has 1 aliphatic heterocycles. The third-order valence-electron chi connectivity index (χ3n) is 8.15. The Morgan fingerprint density at radius 3 is 2.09 bits per heavy atom. The zero-order chi connectivity index (χ0) is 38.1. The molecule has 4 amide bonds. The average Bonchev–Trinajstić information content (AvgIpc) is 3.14. The number of carbonyl (C=O) groups excluding carboxylic acids is 3. The van der Waals surface area contributed by atoms with Crippen LogP contribution >= 0.6 is 0 Å². The van der Waals surface area contributed by atoms with Crippen LogP contribution in [0, 0.1) is 0 Å². The van der Waals surface area contributed by atoms with Crippen LogP contribution in [-0.4, -0.2) is 103 Å². The molecule has 2 atom stereocenters. The van der Waals surface area contributed by atoms with Crippen molar-refractivity contribution in [3.8, 4) is 5.75 Å². The van der Waals surface area contributed by atoms with E-state index in [0.29, 0.717) is 24.2 Å². The van der Waals surface area contributed by atoms with E-state index < -0.39 is 61.5 Å². The van der Waals surface area contributed by atoms with Crippen molar-refractivity contribution in [3.05, 3.63) is 96.1 Å². The molecule has 0 bridgehead atoms. The molecule has 0 spiro atoms. The monoisotopic (exact) mass is 773 g/mol. The van der Waals surface area contributed by atoms with Gasteiger partial charge in [0, 0.05) is 31.4 Å². The van der Waals surface area contributed by atoms with Gasteiger partial charge in [-0.2, -0.15) is 0 Å². The minimum absolute atomic E-state index is 0.101. The lowest BCUT2D eigenvalue weighted by atomic mass is 10.1. The van der Waals surface area contributed by atoms with Gasteiger partial charge in [-0.05, 0) is 54.7 Å². The first kappa shape index (κ1) is 40.9. The second-order valence-corrected chi connectivity index (χ2v) is 16.3. The molecule has 53 heavy (non-hydrogen) atoms. The van der Waals surface area contributed by atoms with Gasteiger partial charge in [0.2, 0.25) is 15.9 Å². The summed E-state index contributed by atoms with van der Waals surface area (Å²) in [5.41, 5.74) is 1.62. The summed E-state index contributed by atoms with van der Waals surface area (Å²) in [5.74, 6) is -1.96. The molecule has 15 nitrogen and oxygen atoms in total. The fraction of sp³-hybridized carbons (Fsp3) is 0.417. The highest BCUT2D eigenvalue weighted by atomic mass is 32.2. The van der Waals surface area contributed by atoms with Gasteiger partial charge < -0.3 is 35.1 Å². The molecule has 2 unspecified atom stereocenters. The number of sulfone groups is 1. The van der Waals surface area contributed by atoms with Crippen LogP contribution in [0.25, 0.3) is 0 Å². The van der Waals surface area contributed by atoms with Gasteiger partial charge in [0.05, 0.1) is 37.6 Å². The summed E-state index contributed by atoms with van der Waals surface area (Å²) < 4.78 is 71.5. The summed E-state index contributed by atoms with van der Waals surface area (Å²) in [4.78, 5) is 40.6. The van der Waals surface area contributed by atoms with Gasteiger partial charge in [-0.1, -0.05) is 60.7 Å². The van der Waals surface area contributed by atoms with Crippen molar-refractivity contribution in [3.63, 3.8) is 0 Å². The van der Waals surface area contributed by atoms with Crippen molar-refractivity contribution in [1.29, 1.82) is 0 Å². The van der Waals surface area contributed by atoms with Crippen LogP contribution in [0.5, 0.6) is 5.75 Å². The molecule has 1 fully saturated rings. The second kappa shape index (κ2) is 20.4. The van der Waals surface area contributed by atoms with E-state index in [1.807, 2.05) is 30.3 Å². The summed E-state index contributed by atoms with van der Waals surface area (Å²) in [6, 6.07) is 20.7. The van der Waals surface area contributed by atoms with Crippen LogP contribution in [0.1, 0.15) is 30.4 Å². The summed E-state index contributed by atoms with van der Waals surface area (Å²) in [5, 5.41) is 7.92. The minimum atomic E-state index is -4.05. The third-order valence-corrected chi connectivity index (χ3v) is 11.2. The van der Waals surface area contributed by atoms with Crippen molar-refractivity contribution in [1.82, 2.24) is 20.9 Å². The maximum absolute atomic E-state index is 13.8. The van der Waals surface area contributed by atoms with E-state index in [1.165, 1.54) is 24.1 Å². The zero-order valence-electron chi connectivity index (χ0n) is 29.6. The van der Waals surface area contributed by atoms with Crippen LogP contribution in [0.3, 0.4) is 0 Å². The van der Waals surface area contributed by atoms with Gasteiger partial charge in [0.15, 0.2) is 9.84 Å². The van der Waals surface area contributed by atoms with Crippen LogP contribution in [-0.2, 0) is 46.5 Å². The van der Waals surface area contributed by atoms with Gasteiger partial charge in [-0.15, -0.1) is 0 Å². The number of alkyl carbamates (subject to hydrolysis) is 1. The van der Waals surface area contributed by atoms with E-state index in [9.17, 15) is 31.2 Å². The van der Waals surface area contributed by atoms with Gasteiger partial charge in [0.1, 0.15) is 18.4 Å². The third kappa shape index (κ3) is 14.9. The van der Waals surface area contributed by atoms with Crippen LogP contribution in [0.2, 0.25) is 0 Å². The molecule has 4 rings (SSSR count). The molecule has 3 aromatic carbocycles. The Hall–Kier alpha value is -4.87. The Balaban J connectivity index is 1.44. The number of urea groups is 1. The predicted molar refractivity (Wildman–Crippen MR) is 199 cm³/mol. The second-order valence-electron chi connectivity index (χ2n) is 12.4. The number of amides is 4. The summed E-state index contributed by atoms with van der Waals surface area (Å²) in [7, 11) is -6.51. The van der Waals surface area contributed by atoms with Crippen molar-refractivity contribution in [2.24, 2.45) is 0 Å². The first-order valence-electron chi connectivity index (χ1n) is 17.2. The number of anilines is 1. The molecule has 17 heteroatoms. The zero-order valence-corrected chi connectivity index (χ0v) is 31.2. The lowest BCUT2D eigenvalue weighted by molar-refractivity contribution is -0.123. The van der Waals surface area contributed by atoms with E-state index in [4.69, 9.17) is 14.2 Å². The molecule has 0 saturated carbocycles. The predicted octanol–water partition coefficient (Wildman–Crippen LogP) is 3.04. The normalized spacial score (nSPS) is 14.3. The van der Waals surface area contributed by atoms with Crippen molar-refractivity contribution >= 4 is 43.6 Å². The maximum atomic E-state index is 13.8. The van der Waals surface area contributed by atoms with Crippen molar-refractivity contribution in [2.75, 3.05) is 56.2 Å². The van der Waals surface area contributed by atoms with Crippen molar-refractivity contribution in [2.45, 2.75) is 43.7 Å². The lowest BCUT2D eigenvalue weighted by Crippen LogP contribution is -2.57. The fourth-order valence-electron chi connectivity index (χ4n) is 5.46.